The number of morpholine rings is 1. The van der Waals surface area contributed by atoms with Gasteiger partial charge in [0, 0.05) is 30.4 Å². The average Bonchev–Trinajstić information content (AvgIpc) is 2.77. The van der Waals surface area contributed by atoms with Crippen LogP contribution in [0, 0.1) is 5.82 Å². The Morgan fingerprint density at radius 2 is 1.81 bits per heavy atom. The number of hydrogen-bond donors (Lipinski definition) is 0. The van der Waals surface area contributed by atoms with Crippen molar-refractivity contribution in [3.63, 3.8) is 0 Å². The maximum absolute atomic E-state index is 14.0. The van der Waals surface area contributed by atoms with E-state index in [2.05, 4.69) is 0 Å². The first-order valence-electron chi connectivity index (χ1n) is 9.92. The number of carbonyl (C=O) groups excluding carboxylic acids is 1. The molecule has 0 bridgehead atoms. The van der Waals surface area contributed by atoms with E-state index in [0.717, 1.165) is 20.3 Å². The van der Waals surface area contributed by atoms with Crippen LogP contribution in [0.4, 0.5) is 23.2 Å². The fraction of sp³-hybridized carbons (Fsp3) is 0.409. The summed E-state index contributed by atoms with van der Waals surface area (Å²) in [7, 11) is 2.15. The zero-order valence-electron chi connectivity index (χ0n) is 17.4. The number of alkyl halides is 3. The van der Waals surface area contributed by atoms with Crippen LogP contribution in [-0.4, -0.2) is 46.3 Å². The zero-order valence-corrected chi connectivity index (χ0v) is 17.4. The van der Waals surface area contributed by atoms with E-state index in [1.807, 2.05) is 4.90 Å². The van der Waals surface area contributed by atoms with Crippen molar-refractivity contribution in [2.75, 3.05) is 45.4 Å². The number of anilines is 1. The maximum atomic E-state index is 14.0. The van der Waals surface area contributed by atoms with Crippen molar-refractivity contribution in [1.29, 1.82) is 0 Å². The summed E-state index contributed by atoms with van der Waals surface area (Å²) in [6.07, 6.45) is -5.85. The van der Waals surface area contributed by atoms with Crippen molar-refractivity contribution in [1.82, 2.24) is 0 Å². The van der Waals surface area contributed by atoms with Crippen molar-refractivity contribution < 1.29 is 41.3 Å². The predicted octanol–water partition coefficient (Wildman–Crippen LogP) is 4.40. The molecule has 1 saturated heterocycles. The van der Waals surface area contributed by atoms with Crippen molar-refractivity contribution in [3.8, 4) is 17.2 Å². The summed E-state index contributed by atoms with van der Waals surface area (Å²) in [5.74, 6) is -2.25. The summed E-state index contributed by atoms with van der Waals surface area (Å²) in [5, 5.41) is 0. The number of nitrogens with zero attached hydrogens (tertiary/aromatic N) is 1. The van der Waals surface area contributed by atoms with E-state index in [9.17, 15) is 22.4 Å². The molecule has 32 heavy (non-hydrogen) atoms. The van der Waals surface area contributed by atoms with Crippen molar-refractivity contribution in [2.45, 2.75) is 18.7 Å². The third-order valence-corrected chi connectivity index (χ3v) is 5.53. The Kier molecular flexibility index (Phi) is 5.89. The number of hydrogen-bond acceptors (Lipinski definition) is 6. The Bertz CT molecular complexity index is 1030. The second-order valence-corrected chi connectivity index (χ2v) is 7.39. The van der Waals surface area contributed by atoms with E-state index in [4.69, 9.17) is 18.9 Å². The molecule has 1 unspecified atom stereocenters. The average molecular weight is 455 g/mol. The number of methoxy groups -OCH3 is 2. The van der Waals surface area contributed by atoms with Crippen LogP contribution in [0.5, 0.6) is 17.2 Å². The number of ketones is 1. The Hall–Kier alpha value is -3.01. The van der Waals surface area contributed by atoms with E-state index in [0.29, 0.717) is 37.6 Å². The summed E-state index contributed by atoms with van der Waals surface area (Å²) in [6, 6.07) is 5.19. The molecular formula is C22H21F4NO5. The molecule has 172 valence electrons. The van der Waals surface area contributed by atoms with Crippen LogP contribution in [0.25, 0.3) is 0 Å². The molecule has 0 saturated carbocycles. The van der Waals surface area contributed by atoms with Crippen LogP contribution in [0.15, 0.2) is 24.3 Å². The monoisotopic (exact) mass is 455 g/mol. The molecule has 0 aromatic heterocycles. The molecule has 0 aliphatic carbocycles. The molecule has 4 rings (SSSR count). The minimum Gasteiger partial charge on any atom is -0.496 e. The van der Waals surface area contributed by atoms with Crippen molar-refractivity contribution in [3.05, 3.63) is 46.8 Å². The highest BCUT2D eigenvalue weighted by molar-refractivity contribution is 6.03. The first-order valence-corrected chi connectivity index (χ1v) is 9.92. The van der Waals surface area contributed by atoms with Gasteiger partial charge in [-0.05, 0) is 12.1 Å². The van der Waals surface area contributed by atoms with Gasteiger partial charge in [0.05, 0.1) is 33.9 Å². The summed E-state index contributed by atoms with van der Waals surface area (Å²) >= 11 is 0. The van der Waals surface area contributed by atoms with Crippen LogP contribution in [-0.2, 0) is 10.9 Å². The van der Waals surface area contributed by atoms with E-state index in [1.165, 1.54) is 18.2 Å². The van der Waals surface area contributed by atoms with Crippen molar-refractivity contribution in [2.24, 2.45) is 0 Å². The first kappa shape index (κ1) is 22.2. The smallest absolute Gasteiger partial charge is 0.423 e. The molecule has 0 N–H and O–H groups in total. The molecule has 1 fully saturated rings. The maximum Gasteiger partial charge on any atom is 0.423 e. The fourth-order valence-electron chi connectivity index (χ4n) is 4.11. The molecule has 2 heterocycles. The van der Waals surface area contributed by atoms with Crippen molar-refractivity contribution >= 4 is 11.5 Å². The molecule has 2 aliphatic rings. The molecule has 0 radical (unpaired) electrons. The minimum absolute atomic E-state index is 0.0785. The number of rotatable bonds is 4. The van der Waals surface area contributed by atoms with E-state index < -0.39 is 40.9 Å². The molecule has 1 atom stereocenters. The third-order valence-electron chi connectivity index (χ3n) is 5.53. The van der Waals surface area contributed by atoms with E-state index >= 15 is 0 Å². The lowest BCUT2D eigenvalue weighted by Gasteiger charge is -2.34. The Labute approximate surface area is 181 Å². The fourth-order valence-corrected chi connectivity index (χ4v) is 4.11. The lowest BCUT2D eigenvalue weighted by Crippen LogP contribution is -2.37. The summed E-state index contributed by atoms with van der Waals surface area (Å²) in [5.41, 5.74) is -0.343. The van der Waals surface area contributed by atoms with Gasteiger partial charge in [0.15, 0.2) is 5.78 Å². The lowest BCUT2D eigenvalue weighted by molar-refractivity contribution is -0.140. The molecular weight excluding hydrogens is 434 g/mol. The van der Waals surface area contributed by atoms with Gasteiger partial charge in [0.25, 0.3) is 0 Å². The lowest BCUT2D eigenvalue weighted by atomic mass is 9.92. The second-order valence-electron chi connectivity index (χ2n) is 7.39. The normalized spacial score (nSPS) is 18.8. The van der Waals surface area contributed by atoms with Crippen LogP contribution in [0.1, 0.15) is 34.0 Å². The highest BCUT2D eigenvalue weighted by Gasteiger charge is 2.43. The largest absolute Gasteiger partial charge is 0.496 e. The topological polar surface area (TPSA) is 57.2 Å². The number of fused-ring (bicyclic) bond motifs is 1. The molecule has 2 aromatic rings. The van der Waals surface area contributed by atoms with Gasteiger partial charge in [-0.3, -0.25) is 4.79 Å². The van der Waals surface area contributed by atoms with Gasteiger partial charge in [-0.25, -0.2) is 4.39 Å². The van der Waals surface area contributed by atoms with Gasteiger partial charge < -0.3 is 23.8 Å². The summed E-state index contributed by atoms with van der Waals surface area (Å²) in [4.78, 5) is 14.9. The first-order chi connectivity index (χ1) is 15.2. The third kappa shape index (κ3) is 3.94. The SMILES string of the molecule is COc1cc2c(c(OC)c1C(F)(F)F)C(=O)CC(c1ccc(F)cc1N1CCOCC1)O2. The Morgan fingerprint density at radius 3 is 2.44 bits per heavy atom. The number of halogens is 4. The molecule has 0 spiro atoms. The van der Waals surface area contributed by atoms with Gasteiger partial charge >= 0.3 is 6.18 Å². The number of ether oxygens (including phenoxy) is 4. The Balaban J connectivity index is 1.79. The Morgan fingerprint density at radius 1 is 1.09 bits per heavy atom. The number of benzene rings is 2. The van der Waals surface area contributed by atoms with Gasteiger partial charge in [0.1, 0.15) is 40.3 Å². The van der Waals surface area contributed by atoms with Crippen LogP contribution < -0.4 is 19.1 Å². The van der Waals surface area contributed by atoms with Gasteiger partial charge in [-0.15, -0.1) is 0 Å². The standard InChI is InChI=1S/C22H21F4NO5/c1-29-18-11-17-19(21(30-2)20(18)22(24,25)26)15(28)10-16(32-17)13-4-3-12(23)9-14(13)27-5-7-31-8-6-27/h3-4,9,11,16H,5-8,10H2,1-2H3. The van der Waals surface area contributed by atoms with Gasteiger partial charge in [-0.1, -0.05) is 6.07 Å². The van der Waals surface area contributed by atoms with E-state index in [1.54, 1.807) is 0 Å². The molecule has 6 nitrogen and oxygen atoms in total. The van der Waals surface area contributed by atoms with Crippen LogP contribution in [0.3, 0.4) is 0 Å². The van der Waals surface area contributed by atoms with Crippen LogP contribution >= 0.6 is 0 Å². The number of Topliss-reactive ketones (excluding diaryl/α,β-unsaturated/α-hetero) is 1. The predicted molar refractivity (Wildman–Crippen MR) is 106 cm³/mol. The minimum atomic E-state index is -4.80. The zero-order chi connectivity index (χ0) is 23.0. The van der Waals surface area contributed by atoms with Crippen LogP contribution in [0.2, 0.25) is 0 Å². The summed E-state index contributed by atoms with van der Waals surface area (Å²) < 4.78 is 76.2. The second kappa shape index (κ2) is 8.50. The van der Waals surface area contributed by atoms with Gasteiger partial charge in [-0.2, -0.15) is 13.2 Å². The highest BCUT2D eigenvalue weighted by Crippen LogP contribution is 2.51. The quantitative estimate of drug-likeness (QED) is 0.637. The highest BCUT2D eigenvalue weighted by atomic mass is 19.4. The van der Waals surface area contributed by atoms with Gasteiger partial charge in [0.2, 0.25) is 0 Å². The molecule has 2 aliphatic heterocycles. The van der Waals surface area contributed by atoms with E-state index in [-0.39, 0.29) is 17.7 Å². The molecule has 0 amide bonds. The summed E-state index contributed by atoms with van der Waals surface area (Å²) in [6.45, 7) is 2.00. The number of carbonyl (C=O) groups is 1. The molecule has 10 heteroatoms. The molecule has 2 aromatic carbocycles.